The van der Waals surface area contributed by atoms with Crippen LogP contribution in [0.15, 0.2) is 35.3 Å². The van der Waals surface area contributed by atoms with E-state index < -0.39 is 22.8 Å². The van der Waals surface area contributed by atoms with Gasteiger partial charge in [-0.1, -0.05) is 0 Å². The molecule has 152 valence electrons. The summed E-state index contributed by atoms with van der Waals surface area (Å²) in [6, 6.07) is 5.25. The molecule has 2 aromatic heterocycles. The molecule has 0 unspecified atom stereocenters. The predicted octanol–water partition coefficient (Wildman–Crippen LogP) is 2.23. The van der Waals surface area contributed by atoms with Crippen LogP contribution in [0.3, 0.4) is 0 Å². The molecule has 0 bridgehead atoms. The lowest BCUT2D eigenvalue weighted by atomic mass is 10.1. The molecule has 0 fully saturated rings. The molecule has 29 heavy (non-hydrogen) atoms. The number of halogens is 1. The van der Waals surface area contributed by atoms with Crippen molar-refractivity contribution in [2.24, 2.45) is 0 Å². The average molecular weight is 400 g/mol. The van der Waals surface area contributed by atoms with Crippen molar-refractivity contribution in [3.05, 3.63) is 46.6 Å². The van der Waals surface area contributed by atoms with Crippen LogP contribution in [0.4, 0.5) is 4.39 Å². The first kappa shape index (κ1) is 20.2. The molecule has 2 heterocycles. The molecule has 0 spiro atoms. The number of hydrogen-bond acceptors (Lipinski definition) is 6. The Hall–Kier alpha value is -3.49. The first-order valence-corrected chi connectivity index (χ1v) is 8.83. The third-order valence-electron chi connectivity index (χ3n) is 4.02. The fraction of sp³-hybridized carbons (Fsp3) is 0.300. The van der Waals surface area contributed by atoms with E-state index in [4.69, 9.17) is 4.74 Å². The van der Waals surface area contributed by atoms with Gasteiger partial charge in [0.15, 0.2) is 17.2 Å². The van der Waals surface area contributed by atoms with Crippen LogP contribution >= 0.6 is 0 Å². The number of benzene rings is 1. The highest BCUT2D eigenvalue weighted by atomic mass is 19.1. The zero-order valence-electron chi connectivity index (χ0n) is 16.5. The van der Waals surface area contributed by atoms with Crippen molar-refractivity contribution >= 4 is 16.9 Å². The summed E-state index contributed by atoms with van der Waals surface area (Å²) < 4.78 is 20.0. The number of methoxy groups -OCH3 is 1. The van der Waals surface area contributed by atoms with Crippen molar-refractivity contribution in [1.82, 2.24) is 19.9 Å². The van der Waals surface area contributed by atoms with Gasteiger partial charge in [-0.25, -0.2) is 14.4 Å². The predicted molar refractivity (Wildman–Crippen MR) is 105 cm³/mol. The molecule has 3 rings (SSSR count). The second-order valence-electron chi connectivity index (χ2n) is 7.54. The molecule has 0 aliphatic rings. The molecular formula is C20H21FN4O4. The largest absolute Gasteiger partial charge is 0.506 e. The molecule has 8 nitrogen and oxygen atoms in total. The third-order valence-corrected chi connectivity index (χ3v) is 4.02. The van der Waals surface area contributed by atoms with Crippen LogP contribution in [0, 0.1) is 5.82 Å². The number of aromatic hydroxyl groups is 1. The Labute approximate surface area is 166 Å². The Kier molecular flexibility index (Phi) is 5.23. The van der Waals surface area contributed by atoms with Crippen molar-refractivity contribution < 1.29 is 19.0 Å². The van der Waals surface area contributed by atoms with Crippen molar-refractivity contribution in [3.63, 3.8) is 0 Å². The van der Waals surface area contributed by atoms with Crippen molar-refractivity contribution in [1.29, 1.82) is 0 Å². The first-order chi connectivity index (χ1) is 13.6. The van der Waals surface area contributed by atoms with E-state index in [1.54, 1.807) is 0 Å². The molecule has 1 amide bonds. The Balaban J connectivity index is 2.23. The zero-order valence-corrected chi connectivity index (χ0v) is 16.5. The second-order valence-corrected chi connectivity index (χ2v) is 7.54. The summed E-state index contributed by atoms with van der Waals surface area (Å²) in [5, 5.41) is 12.5. The number of ether oxygens (including phenoxy) is 1. The molecule has 0 aliphatic carbocycles. The quantitative estimate of drug-likeness (QED) is 0.696. The molecule has 0 aliphatic heterocycles. The van der Waals surface area contributed by atoms with Crippen LogP contribution in [0.2, 0.25) is 0 Å². The average Bonchev–Trinajstić information content (AvgIpc) is 2.63. The smallest absolute Gasteiger partial charge is 0.263 e. The molecular weight excluding hydrogens is 379 g/mol. The molecule has 1 aromatic carbocycles. The van der Waals surface area contributed by atoms with E-state index in [1.807, 2.05) is 20.8 Å². The van der Waals surface area contributed by atoms with E-state index in [2.05, 4.69) is 15.3 Å². The molecule has 0 radical (unpaired) electrons. The van der Waals surface area contributed by atoms with Crippen LogP contribution in [0.1, 0.15) is 20.8 Å². The molecule has 0 atom stereocenters. The highest BCUT2D eigenvalue weighted by molar-refractivity contribution is 5.80. The number of hydrogen-bond donors (Lipinski definition) is 2. The number of aromatic nitrogens is 3. The topological polar surface area (TPSA) is 106 Å². The highest BCUT2D eigenvalue weighted by Crippen LogP contribution is 2.26. The normalized spacial score (nSPS) is 11.5. The molecule has 2 N–H and O–H groups in total. The minimum absolute atomic E-state index is 0.0267. The number of amides is 1. The molecule has 9 heteroatoms. The van der Waals surface area contributed by atoms with Gasteiger partial charge in [-0.2, -0.15) is 0 Å². The fourth-order valence-electron chi connectivity index (χ4n) is 2.86. The minimum atomic E-state index is -0.570. The number of carbonyl (C=O) groups excluding carboxylic acids is 1. The van der Waals surface area contributed by atoms with Crippen LogP contribution in [0.25, 0.3) is 22.4 Å². The fourth-order valence-corrected chi connectivity index (χ4v) is 2.86. The Morgan fingerprint density at radius 3 is 2.69 bits per heavy atom. The van der Waals surface area contributed by atoms with Gasteiger partial charge in [-0.05, 0) is 45.0 Å². The van der Waals surface area contributed by atoms with Gasteiger partial charge in [0.1, 0.15) is 18.1 Å². The summed E-state index contributed by atoms with van der Waals surface area (Å²) in [5.41, 5.74) is -0.579. The molecule has 0 saturated carbocycles. The monoisotopic (exact) mass is 400 g/mol. The van der Waals surface area contributed by atoms with Crippen molar-refractivity contribution in [3.8, 4) is 22.9 Å². The van der Waals surface area contributed by atoms with Crippen molar-refractivity contribution in [2.75, 3.05) is 7.11 Å². The summed E-state index contributed by atoms with van der Waals surface area (Å²) in [6.07, 6.45) is 1.17. The van der Waals surface area contributed by atoms with Crippen LogP contribution in [-0.2, 0) is 11.3 Å². The van der Waals surface area contributed by atoms with Gasteiger partial charge in [-0.3, -0.25) is 14.2 Å². The number of nitrogens with one attached hydrogen (secondary N) is 1. The van der Waals surface area contributed by atoms with Crippen molar-refractivity contribution in [2.45, 2.75) is 32.9 Å². The maximum absolute atomic E-state index is 13.8. The Morgan fingerprint density at radius 1 is 1.31 bits per heavy atom. The number of carbonyl (C=O) groups is 1. The Bertz CT molecular complexity index is 1150. The van der Waals surface area contributed by atoms with E-state index in [0.29, 0.717) is 5.56 Å². The zero-order chi connectivity index (χ0) is 21.3. The van der Waals surface area contributed by atoms with E-state index in [1.165, 1.54) is 37.6 Å². The maximum atomic E-state index is 13.8. The van der Waals surface area contributed by atoms with Crippen LogP contribution < -0.4 is 15.6 Å². The summed E-state index contributed by atoms with van der Waals surface area (Å²) in [6.45, 7) is 5.14. The first-order valence-electron chi connectivity index (χ1n) is 8.83. The Morgan fingerprint density at radius 2 is 2.03 bits per heavy atom. The van der Waals surface area contributed by atoms with E-state index in [9.17, 15) is 19.1 Å². The highest BCUT2D eigenvalue weighted by Gasteiger charge is 2.20. The van der Waals surface area contributed by atoms with Crippen LogP contribution in [0.5, 0.6) is 11.5 Å². The van der Waals surface area contributed by atoms with Gasteiger partial charge in [0.05, 0.1) is 18.7 Å². The van der Waals surface area contributed by atoms with Gasteiger partial charge in [0.25, 0.3) is 5.56 Å². The molecule has 3 aromatic rings. The van der Waals surface area contributed by atoms with Gasteiger partial charge in [-0.15, -0.1) is 0 Å². The maximum Gasteiger partial charge on any atom is 0.263 e. The minimum Gasteiger partial charge on any atom is -0.506 e. The van der Waals surface area contributed by atoms with Gasteiger partial charge in [0, 0.05) is 11.1 Å². The summed E-state index contributed by atoms with van der Waals surface area (Å²) in [7, 11) is 1.32. The number of nitrogens with zero attached hydrogens (tertiary/aromatic N) is 3. The lowest BCUT2D eigenvalue weighted by Crippen LogP contribution is -2.43. The third kappa shape index (κ3) is 4.34. The van der Waals surface area contributed by atoms with E-state index >= 15 is 0 Å². The lowest BCUT2D eigenvalue weighted by Gasteiger charge is -2.21. The number of pyridine rings is 1. The second kappa shape index (κ2) is 7.50. The van der Waals surface area contributed by atoms with Gasteiger partial charge in [0.2, 0.25) is 5.91 Å². The van der Waals surface area contributed by atoms with Gasteiger partial charge >= 0.3 is 0 Å². The summed E-state index contributed by atoms with van der Waals surface area (Å²) in [4.78, 5) is 34.0. The number of rotatable bonds is 4. The summed E-state index contributed by atoms with van der Waals surface area (Å²) in [5.74, 6) is -1.06. The lowest BCUT2D eigenvalue weighted by molar-refractivity contribution is -0.123. The van der Waals surface area contributed by atoms with E-state index in [-0.39, 0.29) is 34.9 Å². The summed E-state index contributed by atoms with van der Waals surface area (Å²) >= 11 is 0. The molecule has 0 saturated heterocycles. The number of fused-ring (bicyclic) bond motifs is 1. The SMILES string of the molecule is COc1cc(-c2nc3ncc(O)cc3c(=O)n2CC(=O)NC(C)(C)C)ccc1F. The standard InChI is InChI=1S/C20H21FN4O4/c1-20(2,3)24-16(27)10-25-18(11-5-6-14(21)15(7-11)29-4)23-17-13(19(25)28)8-12(26)9-22-17/h5-9,26H,10H2,1-4H3,(H,24,27). The van der Waals surface area contributed by atoms with Gasteiger partial charge < -0.3 is 15.2 Å². The van der Waals surface area contributed by atoms with E-state index in [0.717, 1.165) is 4.57 Å². The van der Waals surface area contributed by atoms with Crippen LogP contribution in [-0.4, -0.2) is 38.2 Å².